The monoisotopic (exact) mass is 428 g/mol. The van der Waals surface area contributed by atoms with Crippen LogP contribution in [0.3, 0.4) is 0 Å². The number of methoxy groups -OCH3 is 1. The quantitative estimate of drug-likeness (QED) is 0.602. The molecule has 0 aliphatic rings. The van der Waals surface area contributed by atoms with Crippen molar-refractivity contribution in [1.82, 2.24) is 9.19 Å². The summed E-state index contributed by atoms with van der Waals surface area (Å²) < 4.78 is 32.5. The van der Waals surface area contributed by atoms with Crippen LogP contribution in [-0.2, 0) is 10.0 Å². The van der Waals surface area contributed by atoms with Crippen LogP contribution in [0, 0.1) is 10.6 Å². The second kappa shape index (κ2) is 5.54. The molecular formula is C15H13IN2O3S. The molecule has 114 valence electrons. The molecule has 1 heterocycles. The lowest BCUT2D eigenvalue weighted by Crippen LogP contribution is -2.14. The fraction of sp³-hybridized carbons (Fsp3) is 0.133. The fourth-order valence-corrected chi connectivity index (χ4v) is 4.24. The zero-order chi connectivity index (χ0) is 15.9. The number of ether oxygens (including phenoxy) is 1. The Morgan fingerprint density at radius 3 is 2.45 bits per heavy atom. The van der Waals surface area contributed by atoms with E-state index in [1.165, 1.54) is 0 Å². The molecule has 0 atom stereocenters. The van der Waals surface area contributed by atoms with E-state index < -0.39 is 10.0 Å². The molecule has 3 rings (SSSR count). The maximum atomic E-state index is 12.8. The Balaban J connectivity index is 2.23. The van der Waals surface area contributed by atoms with E-state index >= 15 is 0 Å². The van der Waals surface area contributed by atoms with Gasteiger partial charge in [0.1, 0.15) is 9.45 Å². The standard InChI is InChI=1S/C15H13IN2O3S/c1-10-3-6-12(7-4-10)22(19,20)18-14-8-5-11(21-2)9-13(14)15(16)17-18/h3-9H,1-2H3. The van der Waals surface area contributed by atoms with Gasteiger partial charge in [0.25, 0.3) is 10.0 Å². The number of fused-ring (bicyclic) bond motifs is 1. The fourth-order valence-electron chi connectivity index (χ4n) is 2.15. The van der Waals surface area contributed by atoms with Gasteiger partial charge in [-0.3, -0.25) is 0 Å². The second-order valence-corrected chi connectivity index (χ2v) is 7.62. The molecule has 3 aromatic rings. The van der Waals surface area contributed by atoms with E-state index in [1.54, 1.807) is 49.6 Å². The Labute approximate surface area is 142 Å². The maximum absolute atomic E-state index is 12.8. The normalized spacial score (nSPS) is 11.8. The third-order valence-corrected chi connectivity index (χ3v) is 5.76. The third-order valence-electron chi connectivity index (χ3n) is 3.36. The smallest absolute Gasteiger partial charge is 0.283 e. The highest BCUT2D eigenvalue weighted by atomic mass is 127. The number of aromatic nitrogens is 2. The molecule has 0 fully saturated rings. The van der Waals surface area contributed by atoms with Gasteiger partial charge >= 0.3 is 0 Å². The van der Waals surface area contributed by atoms with Crippen molar-refractivity contribution in [3.05, 3.63) is 51.7 Å². The maximum Gasteiger partial charge on any atom is 0.283 e. The summed E-state index contributed by atoms with van der Waals surface area (Å²) in [4.78, 5) is 0.217. The molecule has 1 aromatic heterocycles. The van der Waals surface area contributed by atoms with Crippen molar-refractivity contribution in [2.75, 3.05) is 7.11 Å². The van der Waals surface area contributed by atoms with Crippen LogP contribution in [0.1, 0.15) is 5.56 Å². The average molecular weight is 428 g/mol. The summed E-state index contributed by atoms with van der Waals surface area (Å²) in [6, 6.07) is 11.9. The topological polar surface area (TPSA) is 61.2 Å². The van der Waals surface area contributed by atoms with Crippen molar-refractivity contribution in [3.8, 4) is 5.75 Å². The molecule has 0 radical (unpaired) electrons. The Kier molecular flexibility index (Phi) is 3.85. The molecule has 0 saturated heterocycles. The zero-order valence-corrected chi connectivity index (χ0v) is 14.9. The molecule has 0 spiro atoms. The van der Waals surface area contributed by atoms with E-state index in [1.807, 2.05) is 29.5 Å². The molecule has 0 N–H and O–H groups in total. The van der Waals surface area contributed by atoms with E-state index in [9.17, 15) is 8.42 Å². The third kappa shape index (κ3) is 2.48. The van der Waals surface area contributed by atoms with Crippen LogP contribution in [0.15, 0.2) is 47.4 Å². The average Bonchev–Trinajstić information content (AvgIpc) is 2.85. The van der Waals surface area contributed by atoms with Gasteiger partial charge in [0, 0.05) is 5.39 Å². The summed E-state index contributed by atoms with van der Waals surface area (Å²) in [6.07, 6.45) is 0. The minimum Gasteiger partial charge on any atom is -0.497 e. The van der Waals surface area contributed by atoms with Gasteiger partial charge in [-0.2, -0.15) is 17.6 Å². The number of nitrogens with zero attached hydrogens (tertiary/aromatic N) is 2. The lowest BCUT2D eigenvalue weighted by Gasteiger charge is -2.06. The summed E-state index contributed by atoms with van der Waals surface area (Å²) in [5, 5.41) is 4.94. The van der Waals surface area contributed by atoms with E-state index in [0.717, 1.165) is 15.0 Å². The lowest BCUT2D eigenvalue weighted by atomic mass is 10.2. The van der Waals surface area contributed by atoms with E-state index in [0.29, 0.717) is 15.0 Å². The summed E-state index contributed by atoms with van der Waals surface area (Å²) in [7, 11) is -2.15. The highest BCUT2D eigenvalue weighted by Gasteiger charge is 2.22. The van der Waals surface area contributed by atoms with Crippen molar-refractivity contribution in [2.45, 2.75) is 11.8 Å². The van der Waals surface area contributed by atoms with Crippen LogP contribution in [0.5, 0.6) is 5.75 Å². The number of rotatable bonds is 3. The molecule has 2 aromatic carbocycles. The van der Waals surface area contributed by atoms with Crippen LogP contribution in [0.25, 0.3) is 10.9 Å². The molecule has 0 bridgehead atoms. The molecule has 5 nitrogen and oxygen atoms in total. The number of halogens is 1. The molecule has 22 heavy (non-hydrogen) atoms. The molecule has 0 amide bonds. The Morgan fingerprint density at radius 1 is 1.14 bits per heavy atom. The van der Waals surface area contributed by atoms with E-state index in [2.05, 4.69) is 5.10 Å². The first-order valence-electron chi connectivity index (χ1n) is 6.48. The van der Waals surface area contributed by atoms with Crippen LogP contribution in [-0.4, -0.2) is 24.7 Å². The minimum atomic E-state index is -3.72. The SMILES string of the molecule is COc1ccc2c(c1)c(I)nn2S(=O)(=O)c1ccc(C)cc1. The lowest BCUT2D eigenvalue weighted by molar-refractivity contribution is 0.415. The van der Waals surface area contributed by atoms with Crippen LogP contribution in [0.4, 0.5) is 0 Å². The second-order valence-electron chi connectivity index (χ2n) is 4.83. The summed E-state index contributed by atoms with van der Waals surface area (Å²) in [5.41, 5.74) is 1.54. The van der Waals surface area contributed by atoms with Crippen LogP contribution >= 0.6 is 22.6 Å². The highest BCUT2D eigenvalue weighted by molar-refractivity contribution is 14.1. The molecule has 0 aliphatic heterocycles. The predicted octanol–water partition coefficient (Wildman–Crippen LogP) is 3.19. The number of hydrogen-bond acceptors (Lipinski definition) is 4. The van der Waals surface area contributed by atoms with E-state index in [4.69, 9.17) is 4.74 Å². The molecule has 0 unspecified atom stereocenters. The Bertz CT molecular complexity index is 947. The van der Waals surface area contributed by atoms with Crippen LogP contribution in [0.2, 0.25) is 0 Å². The number of aryl methyl sites for hydroxylation is 1. The molecular weight excluding hydrogens is 415 g/mol. The summed E-state index contributed by atoms with van der Waals surface area (Å²) in [5.74, 6) is 0.665. The van der Waals surface area contributed by atoms with Crippen LogP contribution < -0.4 is 4.74 Å². The van der Waals surface area contributed by atoms with Gasteiger partial charge in [0.2, 0.25) is 0 Å². The first kappa shape index (κ1) is 15.3. The molecule has 7 heteroatoms. The van der Waals surface area contributed by atoms with Gasteiger partial charge in [0.05, 0.1) is 17.5 Å². The number of hydrogen-bond donors (Lipinski definition) is 0. The van der Waals surface area contributed by atoms with Gasteiger partial charge < -0.3 is 4.74 Å². The predicted molar refractivity (Wildman–Crippen MR) is 92.8 cm³/mol. The molecule has 0 aliphatic carbocycles. The van der Waals surface area contributed by atoms with Gasteiger partial charge in [-0.1, -0.05) is 17.7 Å². The van der Waals surface area contributed by atoms with Crippen molar-refractivity contribution in [1.29, 1.82) is 0 Å². The van der Waals surface area contributed by atoms with Gasteiger partial charge in [-0.15, -0.1) is 0 Å². The largest absolute Gasteiger partial charge is 0.497 e. The Morgan fingerprint density at radius 2 is 1.82 bits per heavy atom. The van der Waals surface area contributed by atoms with Crippen molar-refractivity contribution >= 4 is 43.5 Å². The number of benzene rings is 2. The van der Waals surface area contributed by atoms with Crippen molar-refractivity contribution in [3.63, 3.8) is 0 Å². The van der Waals surface area contributed by atoms with E-state index in [-0.39, 0.29) is 4.90 Å². The minimum absolute atomic E-state index is 0.217. The van der Waals surface area contributed by atoms with Gasteiger partial charge in [0.15, 0.2) is 0 Å². The first-order valence-corrected chi connectivity index (χ1v) is 9.00. The molecule has 0 saturated carbocycles. The summed E-state index contributed by atoms with van der Waals surface area (Å²) >= 11 is 2.02. The van der Waals surface area contributed by atoms with Crippen molar-refractivity contribution in [2.24, 2.45) is 0 Å². The van der Waals surface area contributed by atoms with Gasteiger partial charge in [-0.05, 0) is 59.8 Å². The highest BCUT2D eigenvalue weighted by Crippen LogP contribution is 2.27. The Hall–Kier alpha value is -1.61. The first-order chi connectivity index (χ1) is 10.4. The van der Waals surface area contributed by atoms with Gasteiger partial charge in [-0.25, -0.2) is 0 Å². The van der Waals surface area contributed by atoms with Crippen molar-refractivity contribution < 1.29 is 13.2 Å². The summed E-state index contributed by atoms with van der Waals surface area (Å²) in [6.45, 7) is 1.91. The zero-order valence-electron chi connectivity index (χ0n) is 11.9.